The minimum Gasteiger partial charge on any atom is -0.364 e. The zero-order valence-electron chi connectivity index (χ0n) is 11.1. The molecule has 0 aliphatic carbocycles. The number of halogens is 1. The Hall–Kier alpha value is -1.33. The molecule has 0 fully saturated rings. The van der Waals surface area contributed by atoms with Crippen molar-refractivity contribution in [1.82, 2.24) is 0 Å². The first kappa shape index (κ1) is 14.1. The lowest BCUT2D eigenvalue weighted by atomic mass is 10.1. The number of benzene rings is 1. The smallest absolute Gasteiger partial charge is 0.245 e. The van der Waals surface area contributed by atoms with Crippen molar-refractivity contribution in [3.8, 4) is 0 Å². The first-order chi connectivity index (χ1) is 8.95. The Morgan fingerprint density at radius 2 is 2.26 bits per heavy atom. The van der Waals surface area contributed by atoms with Crippen molar-refractivity contribution < 1.29 is 4.79 Å². The number of hydrogen-bond acceptors (Lipinski definition) is 3. The molecule has 5 heteroatoms. The van der Waals surface area contributed by atoms with Crippen LogP contribution in [0.2, 0.25) is 0 Å². The van der Waals surface area contributed by atoms with E-state index in [1.54, 1.807) is 0 Å². The third kappa shape index (κ3) is 2.53. The molecule has 0 radical (unpaired) electrons. The van der Waals surface area contributed by atoms with Gasteiger partial charge in [0.15, 0.2) is 0 Å². The van der Waals surface area contributed by atoms with Gasteiger partial charge in [0.05, 0.1) is 5.69 Å². The molecule has 102 valence electrons. The molecule has 0 spiro atoms. The highest BCUT2D eigenvalue weighted by Gasteiger charge is 2.29. The molecule has 1 aromatic carbocycles. The summed E-state index contributed by atoms with van der Waals surface area (Å²) in [5.41, 5.74) is 8.50. The number of anilines is 2. The van der Waals surface area contributed by atoms with Gasteiger partial charge in [-0.05, 0) is 41.9 Å². The summed E-state index contributed by atoms with van der Waals surface area (Å²) in [6, 6.07) is 3.64. The summed E-state index contributed by atoms with van der Waals surface area (Å²) >= 11 is 3.57. The summed E-state index contributed by atoms with van der Waals surface area (Å²) in [5.74, 6) is -0.154. The summed E-state index contributed by atoms with van der Waals surface area (Å²) in [5, 5.41) is 2.81. The van der Waals surface area contributed by atoms with Gasteiger partial charge < -0.3 is 16.0 Å². The predicted molar refractivity (Wildman–Crippen MR) is 82.4 cm³/mol. The first-order valence-electron chi connectivity index (χ1n) is 6.23. The molecular formula is C14H18BrN3O. The molecule has 0 saturated carbocycles. The van der Waals surface area contributed by atoms with E-state index in [2.05, 4.69) is 46.6 Å². The lowest BCUT2D eigenvalue weighted by Gasteiger charge is -2.29. The Morgan fingerprint density at radius 1 is 1.58 bits per heavy atom. The molecule has 0 aromatic heterocycles. The van der Waals surface area contributed by atoms with E-state index in [1.807, 2.05) is 18.2 Å². The maximum Gasteiger partial charge on any atom is 0.245 e. The van der Waals surface area contributed by atoms with Gasteiger partial charge in [-0.1, -0.05) is 6.08 Å². The normalized spacial score (nSPS) is 17.3. The zero-order chi connectivity index (χ0) is 14.2. The second kappa shape index (κ2) is 5.35. The average Bonchev–Trinajstić information content (AvgIpc) is 2.62. The van der Waals surface area contributed by atoms with Crippen LogP contribution in [0.5, 0.6) is 0 Å². The highest BCUT2D eigenvalue weighted by molar-refractivity contribution is 9.10. The highest BCUT2D eigenvalue weighted by Crippen LogP contribution is 2.38. The van der Waals surface area contributed by atoms with Crippen LogP contribution in [-0.4, -0.2) is 18.5 Å². The second-order valence-corrected chi connectivity index (χ2v) is 5.75. The number of carbonyl (C=O) groups excluding carboxylic acids is 1. The number of nitrogens with one attached hydrogen (secondary N) is 1. The van der Waals surface area contributed by atoms with Crippen LogP contribution in [0.1, 0.15) is 25.5 Å². The summed E-state index contributed by atoms with van der Waals surface area (Å²) in [6.07, 6.45) is 1.87. The minimum atomic E-state index is -0.577. The Labute approximate surface area is 121 Å². The summed E-state index contributed by atoms with van der Waals surface area (Å²) in [4.78, 5) is 13.8. The van der Waals surface area contributed by atoms with Gasteiger partial charge in [0.2, 0.25) is 5.91 Å². The van der Waals surface area contributed by atoms with Crippen LogP contribution < -0.4 is 16.0 Å². The van der Waals surface area contributed by atoms with Gasteiger partial charge in [-0.15, -0.1) is 6.58 Å². The topological polar surface area (TPSA) is 58.4 Å². The van der Waals surface area contributed by atoms with Crippen molar-refractivity contribution in [1.29, 1.82) is 0 Å². The molecule has 3 N–H and O–H groups in total. The molecule has 1 aliphatic rings. The van der Waals surface area contributed by atoms with E-state index >= 15 is 0 Å². The highest BCUT2D eigenvalue weighted by atomic mass is 79.9. The molecule has 19 heavy (non-hydrogen) atoms. The number of nitrogens with two attached hydrogens (primary N) is 1. The molecular weight excluding hydrogens is 306 g/mol. The summed E-state index contributed by atoms with van der Waals surface area (Å²) in [7, 11) is 0. The monoisotopic (exact) mass is 323 g/mol. The van der Waals surface area contributed by atoms with E-state index in [9.17, 15) is 4.79 Å². The molecule has 1 amide bonds. The van der Waals surface area contributed by atoms with Crippen LogP contribution in [0.3, 0.4) is 0 Å². The van der Waals surface area contributed by atoms with Crippen LogP contribution in [0.15, 0.2) is 29.3 Å². The largest absolute Gasteiger partial charge is 0.364 e. The van der Waals surface area contributed by atoms with Crippen LogP contribution in [0, 0.1) is 0 Å². The molecule has 0 bridgehead atoms. The van der Waals surface area contributed by atoms with Gasteiger partial charge in [-0.25, -0.2) is 0 Å². The second-order valence-electron chi connectivity index (χ2n) is 4.89. The third-order valence-electron chi connectivity index (χ3n) is 3.25. The standard InChI is InChI=1S/C14H18BrN3O/c1-4-5-18(8(2)3)12-7-11-9(6-10(12)15)13(16)14(19)17-11/h4,6-8,13H,1,5,16H2,2-3H3,(H,17,19). The Bertz CT molecular complexity index is 528. The Kier molecular flexibility index (Phi) is 3.96. The summed E-state index contributed by atoms with van der Waals surface area (Å²) < 4.78 is 0.939. The maximum atomic E-state index is 11.6. The predicted octanol–water partition coefficient (Wildman–Crippen LogP) is 2.80. The average molecular weight is 324 g/mol. The number of amides is 1. The van der Waals surface area contributed by atoms with Crippen LogP contribution >= 0.6 is 15.9 Å². The number of hydrogen-bond donors (Lipinski definition) is 2. The SMILES string of the molecule is C=CCN(c1cc2c(cc1Br)C(N)C(=O)N2)C(C)C. The number of fused-ring (bicyclic) bond motifs is 1. The molecule has 2 rings (SSSR count). The van der Waals surface area contributed by atoms with E-state index in [0.29, 0.717) is 6.04 Å². The summed E-state index contributed by atoms with van der Waals surface area (Å²) in [6.45, 7) is 8.77. The number of carbonyl (C=O) groups is 1. The quantitative estimate of drug-likeness (QED) is 0.838. The Morgan fingerprint density at radius 3 is 2.84 bits per heavy atom. The van der Waals surface area contributed by atoms with Gasteiger partial charge in [0.25, 0.3) is 0 Å². The fourth-order valence-electron chi connectivity index (χ4n) is 2.24. The van der Waals surface area contributed by atoms with Crippen LogP contribution in [0.4, 0.5) is 11.4 Å². The molecule has 4 nitrogen and oxygen atoms in total. The van der Waals surface area contributed by atoms with Gasteiger partial charge >= 0.3 is 0 Å². The van der Waals surface area contributed by atoms with Crippen molar-refractivity contribution >= 4 is 33.2 Å². The van der Waals surface area contributed by atoms with Crippen molar-refractivity contribution in [2.24, 2.45) is 5.73 Å². The molecule has 1 aromatic rings. The van der Waals surface area contributed by atoms with Crippen molar-refractivity contribution in [2.75, 3.05) is 16.8 Å². The van der Waals surface area contributed by atoms with E-state index < -0.39 is 6.04 Å². The Balaban J connectivity index is 2.46. The number of rotatable bonds is 4. The lowest BCUT2D eigenvalue weighted by molar-refractivity contribution is -0.116. The molecule has 1 heterocycles. The molecule has 0 saturated heterocycles. The van der Waals surface area contributed by atoms with Gasteiger partial charge in [0, 0.05) is 28.3 Å². The molecule has 1 aliphatic heterocycles. The molecule has 1 atom stereocenters. The van der Waals surface area contributed by atoms with Crippen molar-refractivity contribution in [3.05, 3.63) is 34.8 Å². The van der Waals surface area contributed by atoms with Gasteiger partial charge in [-0.3, -0.25) is 4.79 Å². The fraction of sp³-hybridized carbons (Fsp3) is 0.357. The van der Waals surface area contributed by atoms with E-state index in [-0.39, 0.29) is 5.91 Å². The van der Waals surface area contributed by atoms with E-state index in [4.69, 9.17) is 5.73 Å². The van der Waals surface area contributed by atoms with E-state index in [0.717, 1.165) is 28.0 Å². The van der Waals surface area contributed by atoms with Gasteiger partial charge in [0.1, 0.15) is 6.04 Å². The lowest BCUT2D eigenvalue weighted by Crippen LogP contribution is -2.31. The zero-order valence-corrected chi connectivity index (χ0v) is 12.7. The van der Waals surface area contributed by atoms with Crippen LogP contribution in [-0.2, 0) is 4.79 Å². The number of nitrogens with zero attached hydrogens (tertiary/aromatic N) is 1. The van der Waals surface area contributed by atoms with Crippen molar-refractivity contribution in [3.63, 3.8) is 0 Å². The third-order valence-corrected chi connectivity index (χ3v) is 3.89. The van der Waals surface area contributed by atoms with Gasteiger partial charge in [-0.2, -0.15) is 0 Å². The first-order valence-corrected chi connectivity index (χ1v) is 7.02. The van der Waals surface area contributed by atoms with E-state index in [1.165, 1.54) is 0 Å². The van der Waals surface area contributed by atoms with Crippen molar-refractivity contribution in [2.45, 2.75) is 25.9 Å². The maximum absolute atomic E-state index is 11.6. The molecule has 1 unspecified atom stereocenters. The minimum absolute atomic E-state index is 0.154. The fourth-order valence-corrected chi connectivity index (χ4v) is 2.83. The van der Waals surface area contributed by atoms with Crippen LogP contribution in [0.25, 0.3) is 0 Å².